The van der Waals surface area contributed by atoms with E-state index in [1.165, 1.54) is 11.6 Å². The van der Waals surface area contributed by atoms with Crippen LogP contribution in [-0.2, 0) is 6.54 Å². The topological polar surface area (TPSA) is 44.3 Å². The summed E-state index contributed by atoms with van der Waals surface area (Å²) in [6.45, 7) is 3.73. The summed E-state index contributed by atoms with van der Waals surface area (Å²) < 4.78 is 14.0. The Balaban J connectivity index is 1.38. The van der Waals surface area contributed by atoms with Gasteiger partial charge in [-0.05, 0) is 23.8 Å². The highest BCUT2D eigenvalue weighted by Gasteiger charge is 2.21. The van der Waals surface area contributed by atoms with Gasteiger partial charge in [0.2, 0.25) is 5.95 Å². The van der Waals surface area contributed by atoms with Crippen LogP contribution in [0.4, 0.5) is 21.8 Å². The van der Waals surface area contributed by atoms with E-state index in [1.807, 2.05) is 36.4 Å². The van der Waals surface area contributed by atoms with Crippen LogP contribution in [0.25, 0.3) is 0 Å². The molecule has 0 unspecified atom stereocenters. The Bertz CT molecular complexity index is 879. The van der Waals surface area contributed by atoms with Gasteiger partial charge in [-0.3, -0.25) is 0 Å². The number of para-hydroxylation sites is 1. The number of hydrogen-bond donors (Lipinski definition) is 1. The second kappa shape index (κ2) is 8.03. The van der Waals surface area contributed by atoms with Crippen LogP contribution >= 0.6 is 0 Å². The highest BCUT2D eigenvalue weighted by Crippen LogP contribution is 2.21. The van der Waals surface area contributed by atoms with Gasteiger partial charge in [0, 0.05) is 38.9 Å². The fourth-order valence-corrected chi connectivity index (χ4v) is 3.24. The molecule has 1 N–H and O–H groups in total. The zero-order valence-corrected chi connectivity index (χ0v) is 15.1. The van der Waals surface area contributed by atoms with Gasteiger partial charge in [0.25, 0.3) is 0 Å². The van der Waals surface area contributed by atoms with Crippen molar-refractivity contribution in [2.24, 2.45) is 0 Å². The third-order valence-corrected chi connectivity index (χ3v) is 4.71. The van der Waals surface area contributed by atoms with E-state index in [2.05, 4.69) is 37.2 Å². The van der Waals surface area contributed by atoms with Gasteiger partial charge in [-0.15, -0.1) is 0 Å². The SMILES string of the molecule is Fc1ccccc1N1CCN(c2nccc(NCc3ccccc3)n2)CC1. The molecule has 0 bridgehead atoms. The fraction of sp³-hybridized carbons (Fsp3) is 0.238. The molecule has 27 heavy (non-hydrogen) atoms. The predicted molar refractivity (Wildman–Crippen MR) is 107 cm³/mol. The molecule has 1 aliphatic heterocycles. The van der Waals surface area contributed by atoms with E-state index in [1.54, 1.807) is 12.3 Å². The predicted octanol–water partition coefficient (Wildman–Crippen LogP) is 3.55. The molecule has 1 fully saturated rings. The number of halogens is 1. The van der Waals surface area contributed by atoms with Gasteiger partial charge in [0.05, 0.1) is 5.69 Å². The Hall–Kier alpha value is -3.15. The minimum atomic E-state index is -0.172. The Labute approximate surface area is 158 Å². The van der Waals surface area contributed by atoms with Crippen molar-refractivity contribution < 1.29 is 4.39 Å². The number of rotatable bonds is 5. The van der Waals surface area contributed by atoms with Crippen molar-refractivity contribution in [3.05, 3.63) is 78.2 Å². The van der Waals surface area contributed by atoms with Gasteiger partial charge in [0.15, 0.2) is 0 Å². The standard InChI is InChI=1S/C21H22FN5/c22-18-8-4-5-9-19(18)26-12-14-27(15-13-26)21-23-11-10-20(25-21)24-16-17-6-2-1-3-7-17/h1-11H,12-16H2,(H,23,24,25). The first-order chi connectivity index (χ1) is 13.3. The average molecular weight is 363 g/mol. The lowest BCUT2D eigenvalue weighted by atomic mass is 10.2. The first kappa shape index (κ1) is 17.3. The Morgan fingerprint density at radius 1 is 0.852 bits per heavy atom. The highest BCUT2D eigenvalue weighted by molar-refractivity contribution is 5.50. The van der Waals surface area contributed by atoms with Crippen molar-refractivity contribution in [2.45, 2.75) is 6.54 Å². The van der Waals surface area contributed by atoms with Crippen molar-refractivity contribution >= 4 is 17.5 Å². The van der Waals surface area contributed by atoms with Crippen molar-refractivity contribution in [3.8, 4) is 0 Å². The molecule has 2 heterocycles. The minimum Gasteiger partial charge on any atom is -0.366 e. The molecule has 3 aromatic rings. The molecular weight excluding hydrogens is 341 g/mol. The van der Waals surface area contributed by atoms with E-state index in [0.717, 1.165) is 38.5 Å². The van der Waals surface area contributed by atoms with E-state index >= 15 is 0 Å². The molecule has 4 rings (SSSR count). The summed E-state index contributed by atoms with van der Waals surface area (Å²) in [4.78, 5) is 13.3. The van der Waals surface area contributed by atoms with Gasteiger partial charge < -0.3 is 15.1 Å². The highest BCUT2D eigenvalue weighted by atomic mass is 19.1. The third-order valence-electron chi connectivity index (χ3n) is 4.71. The number of aromatic nitrogens is 2. The summed E-state index contributed by atoms with van der Waals surface area (Å²) in [6.07, 6.45) is 1.78. The molecule has 0 saturated carbocycles. The number of piperazine rings is 1. The second-order valence-electron chi connectivity index (χ2n) is 6.51. The molecule has 1 saturated heterocycles. The second-order valence-corrected chi connectivity index (χ2v) is 6.51. The first-order valence-corrected chi connectivity index (χ1v) is 9.15. The Kier molecular flexibility index (Phi) is 5.14. The first-order valence-electron chi connectivity index (χ1n) is 9.15. The normalized spacial score (nSPS) is 14.3. The van der Waals surface area contributed by atoms with Crippen LogP contribution in [0.1, 0.15) is 5.56 Å². The largest absolute Gasteiger partial charge is 0.366 e. The summed E-state index contributed by atoms with van der Waals surface area (Å²) in [5.74, 6) is 1.34. The molecule has 2 aromatic carbocycles. The van der Waals surface area contributed by atoms with Crippen LogP contribution in [0.3, 0.4) is 0 Å². The van der Waals surface area contributed by atoms with Gasteiger partial charge >= 0.3 is 0 Å². The van der Waals surface area contributed by atoms with Crippen LogP contribution in [0.2, 0.25) is 0 Å². The van der Waals surface area contributed by atoms with Gasteiger partial charge in [-0.2, -0.15) is 4.98 Å². The van der Waals surface area contributed by atoms with E-state index < -0.39 is 0 Å². The zero-order valence-electron chi connectivity index (χ0n) is 15.1. The lowest BCUT2D eigenvalue weighted by molar-refractivity contribution is 0.594. The monoisotopic (exact) mass is 363 g/mol. The minimum absolute atomic E-state index is 0.172. The maximum Gasteiger partial charge on any atom is 0.227 e. The summed E-state index contributed by atoms with van der Waals surface area (Å²) in [5, 5.41) is 3.34. The summed E-state index contributed by atoms with van der Waals surface area (Å²) in [5.41, 5.74) is 1.87. The average Bonchev–Trinajstić information content (AvgIpc) is 2.74. The maximum atomic E-state index is 14.0. The number of anilines is 3. The summed E-state index contributed by atoms with van der Waals surface area (Å²) in [7, 11) is 0. The molecule has 0 amide bonds. The molecule has 0 radical (unpaired) electrons. The number of nitrogens with one attached hydrogen (secondary N) is 1. The van der Waals surface area contributed by atoms with Crippen LogP contribution in [0.5, 0.6) is 0 Å². The Morgan fingerprint density at radius 3 is 2.33 bits per heavy atom. The van der Waals surface area contributed by atoms with Crippen molar-refractivity contribution in [1.82, 2.24) is 9.97 Å². The fourth-order valence-electron chi connectivity index (χ4n) is 3.24. The lowest BCUT2D eigenvalue weighted by Gasteiger charge is -2.36. The zero-order chi connectivity index (χ0) is 18.5. The quantitative estimate of drug-likeness (QED) is 0.751. The van der Waals surface area contributed by atoms with E-state index in [0.29, 0.717) is 11.6 Å². The van der Waals surface area contributed by atoms with Crippen LogP contribution < -0.4 is 15.1 Å². The molecule has 138 valence electrons. The molecular formula is C21H22FN5. The Morgan fingerprint density at radius 2 is 1.56 bits per heavy atom. The third kappa shape index (κ3) is 4.16. The van der Waals surface area contributed by atoms with Crippen molar-refractivity contribution in [3.63, 3.8) is 0 Å². The lowest BCUT2D eigenvalue weighted by Crippen LogP contribution is -2.47. The molecule has 1 aromatic heterocycles. The number of hydrogen-bond acceptors (Lipinski definition) is 5. The molecule has 0 atom stereocenters. The molecule has 1 aliphatic rings. The van der Waals surface area contributed by atoms with E-state index in [-0.39, 0.29) is 5.82 Å². The summed E-state index contributed by atoms with van der Waals surface area (Å²) >= 11 is 0. The van der Waals surface area contributed by atoms with Crippen LogP contribution in [-0.4, -0.2) is 36.1 Å². The van der Waals surface area contributed by atoms with Gasteiger partial charge in [0.1, 0.15) is 11.6 Å². The number of nitrogens with zero attached hydrogens (tertiary/aromatic N) is 4. The molecule has 0 spiro atoms. The van der Waals surface area contributed by atoms with E-state index in [4.69, 9.17) is 0 Å². The van der Waals surface area contributed by atoms with E-state index in [9.17, 15) is 4.39 Å². The smallest absolute Gasteiger partial charge is 0.227 e. The van der Waals surface area contributed by atoms with Crippen molar-refractivity contribution in [1.29, 1.82) is 0 Å². The van der Waals surface area contributed by atoms with Gasteiger partial charge in [-0.1, -0.05) is 42.5 Å². The number of benzene rings is 2. The van der Waals surface area contributed by atoms with Crippen LogP contribution in [0, 0.1) is 5.82 Å². The molecule has 5 nitrogen and oxygen atoms in total. The van der Waals surface area contributed by atoms with Crippen LogP contribution in [0.15, 0.2) is 66.9 Å². The van der Waals surface area contributed by atoms with Gasteiger partial charge in [-0.25, -0.2) is 9.37 Å². The summed E-state index contributed by atoms with van der Waals surface area (Å²) in [6, 6.07) is 19.0. The molecule has 6 heteroatoms. The maximum absolute atomic E-state index is 14.0. The van der Waals surface area contributed by atoms with Crippen molar-refractivity contribution in [2.75, 3.05) is 41.3 Å². The molecule has 0 aliphatic carbocycles.